The first-order valence-corrected chi connectivity index (χ1v) is 13.6. The van der Waals surface area contributed by atoms with E-state index in [0.717, 1.165) is 15.6 Å². The molecule has 11 heteroatoms. The molecule has 2 N–H and O–H groups in total. The lowest BCUT2D eigenvalue weighted by Crippen LogP contribution is -2.39. The van der Waals surface area contributed by atoms with Gasteiger partial charge in [0, 0.05) is 12.6 Å². The maximum absolute atomic E-state index is 13.6. The number of carbonyl (C=O) groups excluding carboxylic acids is 2. The van der Waals surface area contributed by atoms with Crippen LogP contribution in [-0.4, -0.2) is 46.7 Å². The molecule has 0 aliphatic heterocycles. The molecule has 0 aliphatic rings. The maximum Gasteiger partial charge on any atom is 0.264 e. The Hall–Kier alpha value is -4.38. The van der Waals surface area contributed by atoms with E-state index in [1.165, 1.54) is 44.5 Å². The number of carbonyl (C=O) groups is 2. The summed E-state index contributed by atoms with van der Waals surface area (Å²) in [6, 6.07) is 19.2. The zero-order chi connectivity index (χ0) is 28.4. The Bertz CT molecular complexity index is 1390. The molecule has 3 aromatic carbocycles. The lowest BCUT2D eigenvalue weighted by atomic mass is 10.2. The van der Waals surface area contributed by atoms with E-state index in [1.54, 1.807) is 48.5 Å². The van der Waals surface area contributed by atoms with Crippen LogP contribution in [0.2, 0.25) is 0 Å². The number of benzene rings is 3. The molecule has 2 amide bonds. The second-order valence-corrected chi connectivity index (χ2v) is 10.8. The summed E-state index contributed by atoms with van der Waals surface area (Å²) in [5.74, 6) is 0.752. The van der Waals surface area contributed by atoms with Gasteiger partial charge in [-0.15, -0.1) is 0 Å². The van der Waals surface area contributed by atoms with Crippen molar-refractivity contribution in [1.29, 1.82) is 0 Å². The van der Waals surface area contributed by atoms with Crippen molar-refractivity contribution in [2.24, 2.45) is 11.0 Å². The van der Waals surface area contributed by atoms with Gasteiger partial charge in [-0.25, -0.2) is 13.8 Å². The van der Waals surface area contributed by atoms with Gasteiger partial charge in [0.25, 0.3) is 15.9 Å². The summed E-state index contributed by atoms with van der Waals surface area (Å²) in [4.78, 5) is 24.0. The molecule has 0 spiro atoms. The van der Waals surface area contributed by atoms with E-state index < -0.39 is 22.5 Å². The molecular weight excluding hydrogens is 520 g/mol. The van der Waals surface area contributed by atoms with Crippen molar-refractivity contribution in [2.75, 3.05) is 29.9 Å². The average molecular weight is 553 g/mol. The molecule has 0 aliphatic carbocycles. The van der Waals surface area contributed by atoms with Gasteiger partial charge in [0.2, 0.25) is 5.91 Å². The van der Waals surface area contributed by atoms with Crippen LogP contribution in [0.25, 0.3) is 0 Å². The molecule has 0 bridgehead atoms. The number of rotatable bonds is 12. The molecule has 3 rings (SSSR count). The second kappa shape index (κ2) is 13.4. The van der Waals surface area contributed by atoms with Crippen LogP contribution in [0.4, 0.5) is 11.4 Å². The number of anilines is 2. The van der Waals surface area contributed by atoms with Crippen molar-refractivity contribution >= 4 is 39.4 Å². The molecule has 10 nitrogen and oxygen atoms in total. The van der Waals surface area contributed by atoms with Crippen LogP contribution >= 0.6 is 0 Å². The Kier molecular flexibility index (Phi) is 10.0. The Labute approximate surface area is 228 Å². The summed E-state index contributed by atoms with van der Waals surface area (Å²) >= 11 is 0. The monoisotopic (exact) mass is 552 g/mol. The van der Waals surface area contributed by atoms with Gasteiger partial charge < -0.3 is 14.8 Å². The molecule has 39 heavy (non-hydrogen) atoms. The highest BCUT2D eigenvalue weighted by Crippen LogP contribution is 2.26. The van der Waals surface area contributed by atoms with Gasteiger partial charge in [-0.05, 0) is 84.3 Å². The van der Waals surface area contributed by atoms with E-state index in [1.807, 2.05) is 0 Å². The molecule has 0 fully saturated rings. The molecule has 0 saturated carbocycles. The summed E-state index contributed by atoms with van der Waals surface area (Å²) in [6.07, 6.45) is 1.46. The van der Waals surface area contributed by atoms with Crippen molar-refractivity contribution in [1.82, 2.24) is 5.43 Å². The third-order valence-corrected chi connectivity index (χ3v) is 7.06. The van der Waals surface area contributed by atoms with Crippen LogP contribution in [0.3, 0.4) is 0 Å². The van der Waals surface area contributed by atoms with E-state index in [9.17, 15) is 18.0 Å². The number of nitrogens with one attached hydrogen (secondary N) is 2. The number of sulfonamides is 1. The number of hydrazone groups is 1. The maximum atomic E-state index is 13.6. The minimum Gasteiger partial charge on any atom is -0.497 e. The molecule has 0 saturated heterocycles. The minimum atomic E-state index is -4.15. The fourth-order valence-corrected chi connectivity index (χ4v) is 4.78. The molecule has 0 heterocycles. The van der Waals surface area contributed by atoms with E-state index >= 15 is 0 Å². The highest BCUT2D eigenvalue weighted by Gasteiger charge is 2.27. The van der Waals surface area contributed by atoms with Crippen molar-refractivity contribution < 1.29 is 27.5 Å². The fraction of sp³-hybridized carbons (Fsp3) is 0.250. The highest BCUT2D eigenvalue weighted by atomic mass is 32.2. The highest BCUT2D eigenvalue weighted by molar-refractivity contribution is 7.92. The molecule has 206 valence electrons. The Balaban J connectivity index is 1.76. The van der Waals surface area contributed by atoms with Gasteiger partial charge in [-0.1, -0.05) is 13.8 Å². The zero-order valence-electron chi connectivity index (χ0n) is 22.2. The van der Waals surface area contributed by atoms with Crippen LogP contribution < -0.4 is 24.5 Å². The number of ether oxygens (including phenoxy) is 2. The van der Waals surface area contributed by atoms with Gasteiger partial charge in [0.05, 0.1) is 30.5 Å². The summed E-state index contributed by atoms with van der Waals surface area (Å²) in [5.41, 5.74) is 3.82. The normalized spacial score (nSPS) is 11.3. The number of hydrogen-bond acceptors (Lipinski definition) is 7. The zero-order valence-corrected chi connectivity index (χ0v) is 23.1. The van der Waals surface area contributed by atoms with Gasteiger partial charge in [0.1, 0.15) is 18.0 Å². The topological polar surface area (TPSA) is 126 Å². The average Bonchev–Trinajstić information content (AvgIpc) is 2.91. The summed E-state index contributed by atoms with van der Waals surface area (Å²) in [5, 5.41) is 6.56. The second-order valence-electron chi connectivity index (χ2n) is 8.98. The van der Waals surface area contributed by atoms with Gasteiger partial charge in [-0.2, -0.15) is 5.10 Å². The van der Waals surface area contributed by atoms with E-state index in [0.29, 0.717) is 24.0 Å². The van der Waals surface area contributed by atoms with Crippen LogP contribution in [0.1, 0.15) is 26.3 Å². The van der Waals surface area contributed by atoms with Crippen molar-refractivity contribution in [3.8, 4) is 11.5 Å². The third-order valence-electron chi connectivity index (χ3n) is 5.28. The molecule has 0 unspecified atom stereocenters. The Morgan fingerprint density at radius 3 is 2.13 bits per heavy atom. The quantitative estimate of drug-likeness (QED) is 0.258. The summed E-state index contributed by atoms with van der Waals surface area (Å²) in [6.45, 7) is 5.57. The first kappa shape index (κ1) is 29.2. The molecular formula is C28H32N4O6S. The summed E-state index contributed by atoms with van der Waals surface area (Å²) in [7, 11) is -2.66. The summed E-state index contributed by atoms with van der Waals surface area (Å²) < 4.78 is 38.9. The predicted octanol–water partition coefficient (Wildman–Crippen LogP) is 4.03. The Morgan fingerprint density at radius 2 is 1.56 bits per heavy atom. The first-order chi connectivity index (χ1) is 18.6. The molecule has 0 atom stereocenters. The predicted molar refractivity (Wildman–Crippen MR) is 151 cm³/mol. The van der Waals surface area contributed by atoms with Crippen LogP contribution in [0, 0.1) is 5.92 Å². The smallest absolute Gasteiger partial charge is 0.264 e. The van der Waals surface area contributed by atoms with Crippen LogP contribution in [-0.2, 0) is 19.6 Å². The molecule has 3 aromatic rings. The SMILES string of the molecule is COc1ccc(N(CC(=O)N/N=C\c2ccc(OCC(C)C)cc2)S(=O)(=O)c2ccc(NC(C)=O)cc2)cc1. The largest absolute Gasteiger partial charge is 0.497 e. The number of nitrogens with zero attached hydrogens (tertiary/aromatic N) is 2. The number of amides is 2. The van der Waals surface area contributed by atoms with E-state index in [4.69, 9.17) is 9.47 Å². The van der Waals surface area contributed by atoms with E-state index in [-0.39, 0.29) is 16.5 Å². The Morgan fingerprint density at radius 1 is 0.949 bits per heavy atom. The van der Waals surface area contributed by atoms with Gasteiger partial charge in [-0.3, -0.25) is 13.9 Å². The van der Waals surface area contributed by atoms with Crippen LogP contribution in [0.15, 0.2) is 82.8 Å². The van der Waals surface area contributed by atoms with Gasteiger partial charge >= 0.3 is 0 Å². The van der Waals surface area contributed by atoms with Crippen LogP contribution in [0.5, 0.6) is 11.5 Å². The molecule has 0 aromatic heterocycles. The lowest BCUT2D eigenvalue weighted by molar-refractivity contribution is -0.119. The van der Waals surface area contributed by atoms with Crippen molar-refractivity contribution in [3.05, 3.63) is 78.4 Å². The van der Waals surface area contributed by atoms with Crippen molar-refractivity contribution in [2.45, 2.75) is 25.7 Å². The number of hydrogen-bond donors (Lipinski definition) is 2. The number of methoxy groups -OCH3 is 1. The minimum absolute atomic E-state index is 0.0523. The van der Waals surface area contributed by atoms with Crippen molar-refractivity contribution in [3.63, 3.8) is 0 Å². The first-order valence-electron chi connectivity index (χ1n) is 12.2. The standard InChI is InChI=1S/C28H32N4O6S/c1-20(2)19-38-26-11-5-22(6-12-26)17-29-31-28(34)18-32(24-9-13-25(37-4)14-10-24)39(35,36)27-15-7-23(8-16-27)30-21(3)33/h5-17,20H,18-19H2,1-4H3,(H,30,33)(H,31,34)/b29-17-. The molecule has 0 radical (unpaired) electrons. The fourth-order valence-electron chi connectivity index (χ4n) is 3.36. The van der Waals surface area contributed by atoms with Gasteiger partial charge in [0.15, 0.2) is 0 Å². The third kappa shape index (κ3) is 8.57. The lowest BCUT2D eigenvalue weighted by Gasteiger charge is -2.24. The van der Waals surface area contributed by atoms with E-state index in [2.05, 4.69) is 29.7 Å².